The summed E-state index contributed by atoms with van der Waals surface area (Å²) in [6.07, 6.45) is 7.89. The number of halogens is 1. The van der Waals surface area contributed by atoms with Crippen LogP contribution >= 0.6 is 0 Å². The third kappa shape index (κ3) is 1.57. The maximum atomic E-state index is 13.0. The summed E-state index contributed by atoms with van der Waals surface area (Å²) in [5.41, 5.74) is 0. The molecule has 0 aromatic carbocycles. The first kappa shape index (κ1) is 7.57. The second-order valence-corrected chi connectivity index (χ2v) is 4.21. The normalized spacial score (nSPS) is 45.0. The van der Waals surface area contributed by atoms with Crippen LogP contribution < -0.4 is 0 Å². The fourth-order valence-corrected chi connectivity index (χ4v) is 2.82. The summed E-state index contributed by atoms with van der Waals surface area (Å²) in [5.74, 6) is 1.66. The van der Waals surface area contributed by atoms with Crippen LogP contribution in [0.5, 0.6) is 0 Å². The zero-order valence-electron chi connectivity index (χ0n) is 7.06. The Labute approximate surface area is 68.2 Å². The van der Waals surface area contributed by atoms with E-state index in [0.717, 1.165) is 24.7 Å². The average molecular weight is 156 g/mol. The lowest BCUT2D eigenvalue weighted by atomic mass is 9.70. The smallest absolute Gasteiger partial charge is 0.100 e. The van der Waals surface area contributed by atoms with Gasteiger partial charge >= 0.3 is 0 Å². The Bertz CT molecular complexity index is 133. The molecule has 0 aliphatic heterocycles. The predicted molar refractivity (Wildman–Crippen MR) is 44.2 cm³/mol. The Morgan fingerprint density at radius 1 is 0.818 bits per heavy atom. The van der Waals surface area contributed by atoms with Crippen LogP contribution in [0, 0.1) is 11.8 Å². The lowest BCUT2D eigenvalue weighted by Gasteiger charge is -2.36. The molecule has 0 radical (unpaired) electrons. The highest BCUT2D eigenvalue weighted by Crippen LogP contribution is 2.41. The van der Waals surface area contributed by atoms with Gasteiger partial charge in [-0.05, 0) is 31.1 Å². The summed E-state index contributed by atoms with van der Waals surface area (Å²) in [7, 11) is 0. The number of alkyl halides is 1. The van der Waals surface area contributed by atoms with E-state index in [1.807, 2.05) is 0 Å². The van der Waals surface area contributed by atoms with E-state index in [1.165, 1.54) is 32.1 Å². The standard InChI is InChI=1S/C10H17F/c11-10-6-5-8-3-1-2-4-9(8)7-10/h8-10H,1-7H2/t8-,9+,10-/m1/s1. The summed E-state index contributed by atoms with van der Waals surface area (Å²) >= 11 is 0. The molecule has 11 heavy (non-hydrogen) atoms. The molecule has 2 aliphatic carbocycles. The maximum absolute atomic E-state index is 13.0. The van der Waals surface area contributed by atoms with Gasteiger partial charge in [0.05, 0.1) is 0 Å². The Morgan fingerprint density at radius 2 is 1.55 bits per heavy atom. The first-order chi connectivity index (χ1) is 5.36. The molecule has 2 saturated carbocycles. The lowest BCUT2D eigenvalue weighted by Crippen LogP contribution is -2.28. The fraction of sp³-hybridized carbons (Fsp3) is 1.00. The molecule has 0 N–H and O–H groups in total. The van der Waals surface area contributed by atoms with Crippen molar-refractivity contribution < 1.29 is 4.39 Å². The Morgan fingerprint density at radius 3 is 2.36 bits per heavy atom. The second-order valence-electron chi connectivity index (χ2n) is 4.21. The van der Waals surface area contributed by atoms with Crippen LogP contribution in [0.2, 0.25) is 0 Å². The van der Waals surface area contributed by atoms with Crippen molar-refractivity contribution >= 4 is 0 Å². The van der Waals surface area contributed by atoms with Crippen LogP contribution in [-0.4, -0.2) is 6.17 Å². The Hall–Kier alpha value is -0.0700. The minimum Gasteiger partial charge on any atom is -0.247 e. The summed E-state index contributed by atoms with van der Waals surface area (Å²) in [6.45, 7) is 0. The quantitative estimate of drug-likeness (QED) is 0.504. The molecule has 2 rings (SSSR count). The number of hydrogen-bond acceptors (Lipinski definition) is 0. The zero-order chi connectivity index (χ0) is 7.68. The van der Waals surface area contributed by atoms with E-state index in [1.54, 1.807) is 0 Å². The molecule has 0 heterocycles. The van der Waals surface area contributed by atoms with Crippen LogP contribution in [0.4, 0.5) is 4.39 Å². The van der Waals surface area contributed by atoms with Gasteiger partial charge < -0.3 is 0 Å². The van der Waals surface area contributed by atoms with E-state index in [2.05, 4.69) is 0 Å². The van der Waals surface area contributed by atoms with Crippen molar-refractivity contribution in [3.8, 4) is 0 Å². The van der Waals surface area contributed by atoms with Crippen molar-refractivity contribution in [1.82, 2.24) is 0 Å². The highest BCUT2D eigenvalue weighted by atomic mass is 19.1. The van der Waals surface area contributed by atoms with Crippen molar-refractivity contribution in [1.29, 1.82) is 0 Å². The molecule has 0 spiro atoms. The second kappa shape index (κ2) is 3.12. The van der Waals surface area contributed by atoms with Crippen molar-refractivity contribution in [2.45, 2.75) is 51.1 Å². The maximum Gasteiger partial charge on any atom is 0.100 e. The molecule has 3 atom stereocenters. The van der Waals surface area contributed by atoms with E-state index >= 15 is 0 Å². The Balaban J connectivity index is 1.93. The molecule has 0 bridgehead atoms. The minimum atomic E-state index is -0.464. The Kier molecular flexibility index (Phi) is 2.15. The fourth-order valence-electron chi connectivity index (χ4n) is 2.82. The van der Waals surface area contributed by atoms with E-state index in [4.69, 9.17) is 0 Å². The minimum absolute atomic E-state index is 0.464. The third-order valence-electron chi connectivity index (χ3n) is 3.48. The van der Waals surface area contributed by atoms with Gasteiger partial charge in [0.15, 0.2) is 0 Å². The molecule has 0 unspecified atom stereocenters. The number of fused-ring (bicyclic) bond motifs is 1. The van der Waals surface area contributed by atoms with Gasteiger partial charge in [-0.2, -0.15) is 0 Å². The molecule has 0 saturated heterocycles. The van der Waals surface area contributed by atoms with Crippen molar-refractivity contribution in [2.75, 3.05) is 0 Å². The molecule has 2 aliphatic rings. The predicted octanol–water partition coefficient (Wildman–Crippen LogP) is 3.31. The van der Waals surface area contributed by atoms with Gasteiger partial charge in [0.25, 0.3) is 0 Å². The molecule has 0 nitrogen and oxygen atoms in total. The largest absolute Gasteiger partial charge is 0.247 e. The van der Waals surface area contributed by atoms with Crippen LogP contribution in [0.15, 0.2) is 0 Å². The van der Waals surface area contributed by atoms with E-state index < -0.39 is 6.17 Å². The average Bonchev–Trinajstić information content (AvgIpc) is 2.04. The molecule has 0 aromatic heterocycles. The van der Waals surface area contributed by atoms with Crippen LogP contribution in [0.1, 0.15) is 44.9 Å². The van der Waals surface area contributed by atoms with E-state index in [9.17, 15) is 4.39 Å². The highest BCUT2D eigenvalue weighted by Gasteiger charge is 2.31. The number of hydrogen-bond donors (Lipinski definition) is 0. The first-order valence-corrected chi connectivity index (χ1v) is 5.00. The molecule has 0 amide bonds. The third-order valence-corrected chi connectivity index (χ3v) is 3.48. The molecule has 2 fully saturated rings. The molecular weight excluding hydrogens is 139 g/mol. The summed E-state index contributed by atoms with van der Waals surface area (Å²) < 4.78 is 13.0. The monoisotopic (exact) mass is 156 g/mol. The van der Waals surface area contributed by atoms with E-state index in [0.29, 0.717) is 0 Å². The zero-order valence-corrected chi connectivity index (χ0v) is 7.06. The van der Waals surface area contributed by atoms with Crippen molar-refractivity contribution in [3.63, 3.8) is 0 Å². The van der Waals surface area contributed by atoms with Gasteiger partial charge in [0.1, 0.15) is 6.17 Å². The molecule has 1 heteroatoms. The summed E-state index contributed by atoms with van der Waals surface area (Å²) in [5, 5.41) is 0. The highest BCUT2D eigenvalue weighted by molar-refractivity contribution is 4.82. The van der Waals surface area contributed by atoms with Crippen LogP contribution in [0.3, 0.4) is 0 Å². The summed E-state index contributed by atoms with van der Waals surface area (Å²) in [6, 6.07) is 0. The van der Waals surface area contributed by atoms with Crippen LogP contribution in [-0.2, 0) is 0 Å². The molecular formula is C10H17F. The van der Waals surface area contributed by atoms with Gasteiger partial charge in [-0.25, -0.2) is 4.39 Å². The van der Waals surface area contributed by atoms with Crippen molar-refractivity contribution in [2.24, 2.45) is 11.8 Å². The SMILES string of the molecule is F[C@@H]1CC[C@H]2CCCC[C@H]2C1. The topological polar surface area (TPSA) is 0 Å². The number of rotatable bonds is 0. The van der Waals surface area contributed by atoms with Gasteiger partial charge in [-0.1, -0.05) is 25.7 Å². The summed E-state index contributed by atoms with van der Waals surface area (Å²) in [4.78, 5) is 0. The van der Waals surface area contributed by atoms with Crippen LogP contribution in [0.25, 0.3) is 0 Å². The lowest BCUT2D eigenvalue weighted by molar-refractivity contribution is 0.104. The van der Waals surface area contributed by atoms with Gasteiger partial charge in [0, 0.05) is 0 Å². The van der Waals surface area contributed by atoms with Crippen molar-refractivity contribution in [3.05, 3.63) is 0 Å². The van der Waals surface area contributed by atoms with Gasteiger partial charge in [0.2, 0.25) is 0 Å². The first-order valence-electron chi connectivity index (χ1n) is 5.00. The van der Waals surface area contributed by atoms with E-state index in [-0.39, 0.29) is 0 Å². The van der Waals surface area contributed by atoms with Gasteiger partial charge in [-0.15, -0.1) is 0 Å². The molecule has 0 aromatic rings. The molecule has 64 valence electrons. The van der Waals surface area contributed by atoms with Gasteiger partial charge in [-0.3, -0.25) is 0 Å².